The molecular weight excluding hydrogens is 252 g/mol. The first-order chi connectivity index (χ1) is 9.75. The Bertz CT molecular complexity index is 587. The molecule has 1 N–H and O–H groups in total. The smallest absolute Gasteiger partial charge is 0.234 e. The number of aryl methyl sites for hydroxylation is 1. The van der Waals surface area contributed by atoms with Crippen molar-refractivity contribution in [1.82, 2.24) is 20.4 Å². The average molecular weight is 272 g/mol. The van der Waals surface area contributed by atoms with Crippen LogP contribution in [0, 0.1) is 6.92 Å². The van der Waals surface area contributed by atoms with E-state index in [4.69, 9.17) is 4.52 Å². The van der Waals surface area contributed by atoms with Crippen molar-refractivity contribution < 1.29 is 4.52 Å². The van der Waals surface area contributed by atoms with Crippen molar-refractivity contribution in [2.45, 2.75) is 38.5 Å². The fourth-order valence-electron chi connectivity index (χ4n) is 2.98. The molecular formula is C15H20N4O. The molecule has 0 amide bonds. The van der Waals surface area contributed by atoms with Gasteiger partial charge in [-0.05, 0) is 37.9 Å². The maximum atomic E-state index is 5.57. The van der Waals surface area contributed by atoms with E-state index in [0.29, 0.717) is 5.82 Å². The van der Waals surface area contributed by atoms with E-state index in [1.807, 2.05) is 19.1 Å². The van der Waals surface area contributed by atoms with Gasteiger partial charge in [0, 0.05) is 12.7 Å². The fraction of sp³-hybridized carbons (Fsp3) is 0.533. The second kappa shape index (κ2) is 5.32. The van der Waals surface area contributed by atoms with Crippen LogP contribution in [0.15, 0.2) is 22.9 Å². The molecule has 0 bridgehead atoms. The molecule has 1 aliphatic heterocycles. The summed E-state index contributed by atoms with van der Waals surface area (Å²) in [6.45, 7) is 6.14. The minimum atomic E-state index is 0.00266. The van der Waals surface area contributed by atoms with Gasteiger partial charge in [-0.15, -0.1) is 0 Å². The summed E-state index contributed by atoms with van der Waals surface area (Å²) in [6, 6.07) is 3.93. The zero-order valence-electron chi connectivity index (χ0n) is 12.0. The first-order valence-electron chi connectivity index (χ1n) is 7.22. The molecule has 2 aromatic rings. The van der Waals surface area contributed by atoms with E-state index in [1.165, 1.54) is 0 Å². The largest absolute Gasteiger partial charge is 0.338 e. The minimum Gasteiger partial charge on any atom is -0.338 e. The molecule has 3 rings (SSSR count). The summed E-state index contributed by atoms with van der Waals surface area (Å²) in [7, 11) is 0. The van der Waals surface area contributed by atoms with Crippen molar-refractivity contribution in [3.05, 3.63) is 29.8 Å². The summed E-state index contributed by atoms with van der Waals surface area (Å²) in [5, 5.41) is 7.56. The van der Waals surface area contributed by atoms with Gasteiger partial charge in [0.1, 0.15) is 5.69 Å². The summed E-state index contributed by atoms with van der Waals surface area (Å²) in [6.07, 6.45) is 5.01. The highest BCUT2D eigenvalue weighted by atomic mass is 16.5. The van der Waals surface area contributed by atoms with Gasteiger partial charge < -0.3 is 9.84 Å². The third kappa shape index (κ3) is 2.22. The topological polar surface area (TPSA) is 63.8 Å². The van der Waals surface area contributed by atoms with E-state index < -0.39 is 0 Å². The van der Waals surface area contributed by atoms with Crippen LogP contribution in [0.2, 0.25) is 0 Å². The van der Waals surface area contributed by atoms with E-state index in [0.717, 1.165) is 49.5 Å². The van der Waals surface area contributed by atoms with E-state index in [1.54, 1.807) is 6.20 Å². The van der Waals surface area contributed by atoms with Crippen LogP contribution in [-0.4, -0.2) is 28.2 Å². The predicted octanol–water partition coefficient (Wildman–Crippen LogP) is 2.47. The number of pyridine rings is 1. The number of hydrogen-bond acceptors (Lipinski definition) is 5. The number of rotatable bonds is 4. The number of aromatic nitrogens is 3. The molecule has 2 aromatic heterocycles. The second-order valence-electron chi connectivity index (χ2n) is 5.55. The van der Waals surface area contributed by atoms with Crippen molar-refractivity contribution >= 4 is 0 Å². The number of hydrogen-bond donors (Lipinski definition) is 1. The maximum Gasteiger partial charge on any atom is 0.234 e. The van der Waals surface area contributed by atoms with Gasteiger partial charge in [-0.3, -0.25) is 4.98 Å². The van der Waals surface area contributed by atoms with Gasteiger partial charge in [-0.25, -0.2) is 0 Å². The third-order valence-electron chi connectivity index (χ3n) is 4.07. The Balaban J connectivity index is 1.95. The maximum absolute atomic E-state index is 5.57. The van der Waals surface area contributed by atoms with Gasteiger partial charge in [0.25, 0.3) is 0 Å². The quantitative estimate of drug-likeness (QED) is 0.926. The molecule has 106 valence electrons. The average Bonchev–Trinajstić information content (AvgIpc) is 3.09. The molecule has 3 heterocycles. The summed E-state index contributed by atoms with van der Waals surface area (Å²) in [5.41, 5.74) is 1.87. The highest BCUT2D eigenvalue weighted by Crippen LogP contribution is 2.35. The molecule has 1 saturated heterocycles. The molecule has 0 radical (unpaired) electrons. The van der Waals surface area contributed by atoms with Crippen LogP contribution in [0.5, 0.6) is 0 Å². The van der Waals surface area contributed by atoms with Crippen LogP contribution < -0.4 is 5.32 Å². The predicted molar refractivity (Wildman–Crippen MR) is 76.3 cm³/mol. The molecule has 1 fully saturated rings. The lowest BCUT2D eigenvalue weighted by atomic mass is 9.82. The van der Waals surface area contributed by atoms with Crippen LogP contribution in [0.25, 0.3) is 11.5 Å². The second-order valence-corrected chi connectivity index (χ2v) is 5.55. The Morgan fingerprint density at radius 1 is 1.45 bits per heavy atom. The van der Waals surface area contributed by atoms with Crippen molar-refractivity contribution in [1.29, 1.82) is 0 Å². The fourth-order valence-corrected chi connectivity index (χ4v) is 2.98. The van der Waals surface area contributed by atoms with E-state index >= 15 is 0 Å². The van der Waals surface area contributed by atoms with Gasteiger partial charge >= 0.3 is 0 Å². The molecule has 1 unspecified atom stereocenters. The molecule has 5 heteroatoms. The van der Waals surface area contributed by atoms with Gasteiger partial charge in [0.05, 0.1) is 5.41 Å². The first kappa shape index (κ1) is 13.2. The molecule has 20 heavy (non-hydrogen) atoms. The Kier molecular flexibility index (Phi) is 3.53. The normalized spacial score (nSPS) is 22.3. The van der Waals surface area contributed by atoms with E-state index in [2.05, 4.69) is 27.4 Å². The molecule has 0 aromatic carbocycles. The van der Waals surface area contributed by atoms with Gasteiger partial charge in [0.2, 0.25) is 11.7 Å². The van der Waals surface area contributed by atoms with Crippen molar-refractivity contribution in [3.63, 3.8) is 0 Å². The minimum absolute atomic E-state index is 0.00266. The van der Waals surface area contributed by atoms with Crippen LogP contribution in [0.3, 0.4) is 0 Å². The van der Waals surface area contributed by atoms with E-state index in [9.17, 15) is 0 Å². The number of nitrogens with one attached hydrogen (secondary N) is 1. The van der Waals surface area contributed by atoms with Crippen LogP contribution >= 0.6 is 0 Å². The highest BCUT2D eigenvalue weighted by Gasteiger charge is 2.40. The zero-order chi connectivity index (χ0) is 14.0. The molecule has 0 aliphatic carbocycles. The van der Waals surface area contributed by atoms with Gasteiger partial charge in [0.15, 0.2) is 0 Å². The molecule has 5 nitrogen and oxygen atoms in total. The summed E-state index contributed by atoms with van der Waals surface area (Å²) >= 11 is 0. The summed E-state index contributed by atoms with van der Waals surface area (Å²) in [5.74, 6) is 1.35. The third-order valence-corrected chi connectivity index (χ3v) is 4.07. The molecule has 0 saturated carbocycles. The Hall–Kier alpha value is -1.75. The lowest BCUT2D eigenvalue weighted by Crippen LogP contribution is -2.29. The summed E-state index contributed by atoms with van der Waals surface area (Å²) < 4.78 is 5.57. The van der Waals surface area contributed by atoms with Crippen molar-refractivity contribution in [3.8, 4) is 11.5 Å². The van der Waals surface area contributed by atoms with Crippen LogP contribution in [0.1, 0.15) is 37.6 Å². The van der Waals surface area contributed by atoms with Crippen LogP contribution in [-0.2, 0) is 5.41 Å². The zero-order valence-corrected chi connectivity index (χ0v) is 12.0. The molecule has 1 atom stereocenters. The van der Waals surface area contributed by atoms with Crippen LogP contribution in [0.4, 0.5) is 0 Å². The lowest BCUT2D eigenvalue weighted by molar-refractivity contribution is 0.277. The van der Waals surface area contributed by atoms with Gasteiger partial charge in [-0.1, -0.05) is 24.6 Å². The molecule has 0 spiro atoms. The standard InChI is InChI=1S/C15H20N4O/c1-3-6-15(7-9-16-10-15)14-18-13(19-20-14)12-11(2)5-4-8-17-12/h4-5,8,16H,3,6-7,9-10H2,1-2H3. The SMILES string of the molecule is CCCC1(c2nc(-c3ncccc3C)no2)CCNC1. The van der Waals surface area contributed by atoms with Crippen molar-refractivity contribution in [2.75, 3.05) is 13.1 Å². The molecule has 1 aliphatic rings. The Labute approximate surface area is 118 Å². The Morgan fingerprint density at radius 3 is 3.05 bits per heavy atom. The summed E-state index contributed by atoms with van der Waals surface area (Å²) in [4.78, 5) is 8.99. The highest BCUT2D eigenvalue weighted by molar-refractivity contribution is 5.53. The van der Waals surface area contributed by atoms with Gasteiger partial charge in [-0.2, -0.15) is 4.98 Å². The monoisotopic (exact) mass is 272 g/mol. The Morgan fingerprint density at radius 2 is 2.35 bits per heavy atom. The first-order valence-corrected chi connectivity index (χ1v) is 7.22. The van der Waals surface area contributed by atoms with Crippen molar-refractivity contribution in [2.24, 2.45) is 0 Å². The lowest BCUT2D eigenvalue weighted by Gasteiger charge is -2.22. The number of nitrogens with zero attached hydrogens (tertiary/aromatic N) is 3. The van der Waals surface area contributed by atoms with E-state index in [-0.39, 0.29) is 5.41 Å².